The molecule has 0 saturated heterocycles. The average Bonchev–Trinajstić information content (AvgIpc) is 2.71. The molecule has 0 aliphatic carbocycles. The average molecular weight is 201 g/mol. The molecule has 0 radical (unpaired) electrons. The Labute approximate surface area is 85.7 Å². The summed E-state index contributed by atoms with van der Waals surface area (Å²) in [4.78, 5) is 4.10. The highest BCUT2D eigenvalue weighted by atomic mass is 32.1. The number of rotatable bonds is 2. The van der Waals surface area contributed by atoms with Crippen LogP contribution in [0, 0.1) is 11.3 Å². The lowest BCUT2D eigenvalue weighted by molar-refractivity contribution is 1.30. The van der Waals surface area contributed by atoms with Gasteiger partial charge in [0, 0.05) is 11.6 Å². The van der Waals surface area contributed by atoms with E-state index in [9.17, 15) is 0 Å². The third kappa shape index (κ3) is 1.90. The standard InChI is InChI=1S/C10H7N3S/c11-6-8-1-3-12-10(5-8)13-9-2-4-14-7-9/h1-5,7H,(H,12,13). The van der Waals surface area contributed by atoms with Crippen LogP contribution in [0.15, 0.2) is 35.2 Å². The van der Waals surface area contributed by atoms with Crippen LogP contribution in [0.5, 0.6) is 0 Å². The lowest BCUT2D eigenvalue weighted by Crippen LogP contribution is -1.91. The third-order valence-corrected chi connectivity index (χ3v) is 2.37. The normalized spacial score (nSPS) is 9.36. The van der Waals surface area contributed by atoms with Gasteiger partial charge in [0.1, 0.15) is 5.82 Å². The van der Waals surface area contributed by atoms with E-state index in [2.05, 4.69) is 16.4 Å². The SMILES string of the molecule is N#Cc1ccnc(Nc2ccsc2)c1. The van der Waals surface area contributed by atoms with Crippen LogP contribution in [-0.4, -0.2) is 4.98 Å². The van der Waals surface area contributed by atoms with Gasteiger partial charge in [-0.2, -0.15) is 16.6 Å². The Morgan fingerprint density at radius 3 is 3.07 bits per heavy atom. The summed E-state index contributed by atoms with van der Waals surface area (Å²) in [6.07, 6.45) is 1.62. The summed E-state index contributed by atoms with van der Waals surface area (Å²) in [5, 5.41) is 15.8. The molecule has 0 spiro atoms. The number of nitriles is 1. The Hall–Kier alpha value is -1.86. The molecule has 0 unspecified atom stereocenters. The van der Waals surface area contributed by atoms with Gasteiger partial charge in [0.15, 0.2) is 0 Å². The van der Waals surface area contributed by atoms with E-state index < -0.39 is 0 Å². The molecule has 0 aliphatic rings. The number of anilines is 2. The second-order valence-corrected chi connectivity index (χ2v) is 3.46. The second-order valence-electron chi connectivity index (χ2n) is 2.68. The van der Waals surface area contributed by atoms with Crippen molar-refractivity contribution in [2.75, 3.05) is 5.32 Å². The van der Waals surface area contributed by atoms with Crippen LogP contribution in [0.2, 0.25) is 0 Å². The van der Waals surface area contributed by atoms with Crippen molar-refractivity contribution < 1.29 is 0 Å². The van der Waals surface area contributed by atoms with Crippen LogP contribution < -0.4 is 5.32 Å². The maximum Gasteiger partial charge on any atom is 0.131 e. The highest BCUT2D eigenvalue weighted by Crippen LogP contribution is 2.17. The summed E-state index contributed by atoms with van der Waals surface area (Å²) in [6, 6.07) is 7.43. The lowest BCUT2D eigenvalue weighted by atomic mass is 10.3. The second kappa shape index (κ2) is 3.90. The first-order valence-corrected chi connectivity index (χ1v) is 4.98. The zero-order valence-electron chi connectivity index (χ0n) is 7.27. The van der Waals surface area contributed by atoms with Crippen molar-refractivity contribution in [3.63, 3.8) is 0 Å². The minimum absolute atomic E-state index is 0.609. The quantitative estimate of drug-likeness (QED) is 0.812. The first-order valence-electron chi connectivity index (χ1n) is 4.04. The molecule has 0 aromatic carbocycles. The van der Waals surface area contributed by atoms with E-state index in [-0.39, 0.29) is 0 Å². The van der Waals surface area contributed by atoms with E-state index in [4.69, 9.17) is 5.26 Å². The molecule has 2 aromatic rings. The van der Waals surface area contributed by atoms with Crippen molar-refractivity contribution in [2.24, 2.45) is 0 Å². The molecule has 0 saturated carbocycles. The van der Waals surface area contributed by atoms with E-state index >= 15 is 0 Å². The Balaban J connectivity index is 2.22. The first-order chi connectivity index (χ1) is 6.88. The van der Waals surface area contributed by atoms with Crippen molar-refractivity contribution in [1.82, 2.24) is 4.98 Å². The van der Waals surface area contributed by atoms with Gasteiger partial charge in [-0.25, -0.2) is 4.98 Å². The Morgan fingerprint density at radius 1 is 1.43 bits per heavy atom. The van der Waals surface area contributed by atoms with E-state index in [0.29, 0.717) is 11.4 Å². The van der Waals surface area contributed by atoms with Crippen LogP contribution in [0.1, 0.15) is 5.56 Å². The number of nitrogens with zero attached hydrogens (tertiary/aromatic N) is 2. The number of nitrogens with one attached hydrogen (secondary N) is 1. The molecule has 0 atom stereocenters. The summed E-state index contributed by atoms with van der Waals surface area (Å²) in [5.41, 5.74) is 1.61. The Kier molecular flexibility index (Phi) is 2.43. The maximum absolute atomic E-state index is 8.68. The maximum atomic E-state index is 8.68. The molecular formula is C10H7N3S. The summed E-state index contributed by atoms with van der Waals surface area (Å²) >= 11 is 1.61. The summed E-state index contributed by atoms with van der Waals surface area (Å²) in [7, 11) is 0. The van der Waals surface area contributed by atoms with Gasteiger partial charge in [-0.15, -0.1) is 0 Å². The summed E-state index contributed by atoms with van der Waals surface area (Å²) in [6.45, 7) is 0. The summed E-state index contributed by atoms with van der Waals surface area (Å²) in [5.74, 6) is 0.697. The first kappa shape index (κ1) is 8.73. The van der Waals surface area contributed by atoms with E-state index in [1.165, 1.54) is 0 Å². The van der Waals surface area contributed by atoms with Gasteiger partial charge in [0.05, 0.1) is 17.3 Å². The van der Waals surface area contributed by atoms with Gasteiger partial charge >= 0.3 is 0 Å². The van der Waals surface area contributed by atoms with Crippen LogP contribution in [0.25, 0.3) is 0 Å². The van der Waals surface area contributed by atoms with Crippen LogP contribution in [-0.2, 0) is 0 Å². The number of hydrogen-bond donors (Lipinski definition) is 1. The zero-order chi connectivity index (χ0) is 9.80. The molecule has 14 heavy (non-hydrogen) atoms. The van der Waals surface area contributed by atoms with Gasteiger partial charge in [-0.3, -0.25) is 0 Å². The molecule has 0 bridgehead atoms. The van der Waals surface area contributed by atoms with Gasteiger partial charge in [0.2, 0.25) is 0 Å². The number of hydrogen-bond acceptors (Lipinski definition) is 4. The minimum Gasteiger partial charge on any atom is -0.340 e. The predicted octanol–water partition coefficient (Wildman–Crippen LogP) is 2.76. The topological polar surface area (TPSA) is 48.7 Å². The molecule has 3 nitrogen and oxygen atoms in total. The lowest BCUT2D eigenvalue weighted by Gasteiger charge is -2.01. The highest BCUT2D eigenvalue weighted by Gasteiger charge is 1.97. The molecule has 0 aliphatic heterocycles. The molecular weight excluding hydrogens is 194 g/mol. The Bertz CT molecular complexity index is 456. The monoisotopic (exact) mass is 201 g/mol. The molecule has 2 aromatic heterocycles. The highest BCUT2D eigenvalue weighted by molar-refractivity contribution is 7.08. The van der Waals surface area contributed by atoms with Crippen molar-refractivity contribution in [2.45, 2.75) is 0 Å². The van der Waals surface area contributed by atoms with Crippen molar-refractivity contribution in [3.05, 3.63) is 40.7 Å². The molecule has 0 amide bonds. The fourth-order valence-corrected chi connectivity index (χ4v) is 1.64. The van der Waals surface area contributed by atoms with Crippen LogP contribution >= 0.6 is 11.3 Å². The predicted molar refractivity (Wildman–Crippen MR) is 56.6 cm³/mol. The number of pyridine rings is 1. The van der Waals surface area contributed by atoms with Gasteiger partial charge in [-0.05, 0) is 23.6 Å². The van der Waals surface area contributed by atoms with E-state index in [1.807, 2.05) is 16.8 Å². The Morgan fingerprint density at radius 2 is 2.36 bits per heavy atom. The molecule has 4 heteroatoms. The molecule has 1 N–H and O–H groups in total. The largest absolute Gasteiger partial charge is 0.340 e. The van der Waals surface area contributed by atoms with Gasteiger partial charge < -0.3 is 5.32 Å². The van der Waals surface area contributed by atoms with E-state index in [0.717, 1.165) is 5.69 Å². The molecule has 2 heterocycles. The zero-order valence-corrected chi connectivity index (χ0v) is 8.08. The molecule has 68 valence electrons. The van der Waals surface area contributed by atoms with Gasteiger partial charge in [0.25, 0.3) is 0 Å². The molecule has 0 fully saturated rings. The van der Waals surface area contributed by atoms with Crippen LogP contribution in [0.4, 0.5) is 11.5 Å². The van der Waals surface area contributed by atoms with Crippen molar-refractivity contribution >= 4 is 22.8 Å². The van der Waals surface area contributed by atoms with E-state index in [1.54, 1.807) is 29.7 Å². The third-order valence-electron chi connectivity index (χ3n) is 1.68. The number of aromatic nitrogens is 1. The van der Waals surface area contributed by atoms with Crippen molar-refractivity contribution in [3.8, 4) is 6.07 Å². The van der Waals surface area contributed by atoms with Crippen LogP contribution in [0.3, 0.4) is 0 Å². The molecule has 2 rings (SSSR count). The minimum atomic E-state index is 0.609. The fraction of sp³-hybridized carbons (Fsp3) is 0. The van der Waals surface area contributed by atoms with Gasteiger partial charge in [-0.1, -0.05) is 0 Å². The summed E-state index contributed by atoms with van der Waals surface area (Å²) < 4.78 is 0. The number of thiophene rings is 1. The smallest absolute Gasteiger partial charge is 0.131 e. The fourth-order valence-electron chi connectivity index (χ4n) is 1.05. The van der Waals surface area contributed by atoms with Crippen molar-refractivity contribution in [1.29, 1.82) is 5.26 Å².